The first-order valence-electron chi connectivity index (χ1n) is 24.6. The molecule has 6 unspecified atom stereocenters. The van der Waals surface area contributed by atoms with Gasteiger partial charge in [0.15, 0.2) is 5.96 Å². The second-order valence-electron chi connectivity index (χ2n) is 17.5. The first kappa shape index (κ1) is 60.7. The minimum absolute atomic E-state index is 0.00139. The van der Waals surface area contributed by atoms with E-state index < -0.39 is 109 Å². The van der Waals surface area contributed by atoms with Crippen molar-refractivity contribution in [1.29, 1.82) is 0 Å². The van der Waals surface area contributed by atoms with E-state index in [2.05, 4.69) is 47.2 Å². The lowest BCUT2D eigenvalue weighted by molar-refractivity contribution is -0.139. The topological polar surface area (TPSA) is 416 Å². The minimum Gasteiger partial charge on any atom is -0.508 e. The molecule has 15 N–H and O–H groups in total. The van der Waals surface area contributed by atoms with Gasteiger partial charge >= 0.3 is 11.9 Å². The van der Waals surface area contributed by atoms with Crippen molar-refractivity contribution >= 4 is 70.2 Å². The second-order valence-corrected chi connectivity index (χ2v) is 17.5. The van der Waals surface area contributed by atoms with E-state index in [1.807, 2.05) is 6.07 Å². The Morgan fingerprint density at radius 1 is 0.605 bits per heavy atom. The molecule has 1 fully saturated rings. The van der Waals surface area contributed by atoms with Crippen molar-refractivity contribution in [2.45, 2.75) is 94.5 Å². The summed E-state index contributed by atoms with van der Waals surface area (Å²) in [5.41, 5.74) is 12.7. The standard InChI is InChI=1S/C49H69N11O16/c1-29-43(67)56-35(7-4-15-53-49(50)51)45(69)59-38(26-31-28-54-34-6-3-2-5-33(31)34)47(71)58-37(25-30-8-10-32(61)11-9-30)46(70)60-39(48(72)57-36(44(68)55-29)12-13-41(63)64)27-40(62)52-16-18-74-20-22-76-24-23-75-21-19-73-17-14-42(65)66/h2-3,5-6,8-11,28-29,35-39,54,61H,4,7,12-27H2,1H3,(H,52,62)(H,55,68)(H,56,67)(H,57,72)(H,58,71)(H,59,69)(H,60,70)(H,63,64)(H,65,66)(H4,50,51,53). The Bertz CT molecular complexity index is 2450. The molecule has 3 aromatic rings. The summed E-state index contributed by atoms with van der Waals surface area (Å²) in [4.78, 5) is 128. The van der Waals surface area contributed by atoms with Gasteiger partial charge in [-0.25, -0.2) is 0 Å². The Morgan fingerprint density at radius 3 is 1.75 bits per heavy atom. The molecule has 0 bridgehead atoms. The Balaban J connectivity index is 1.59. The Labute approximate surface area is 437 Å². The lowest BCUT2D eigenvalue weighted by Gasteiger charge is -2.28. The number of carbonyl (C=O) groups is 9. The van der Waals surface area contributed by atoms with Crippen LogP contribution in [0.15, 0.2) is 59.7 Å². The minimum atomic E-state index is -1.76. The first-order chi connectivity index (χ1) is 36.4. The van der Waals surface area contributed by atoms with Crippen LogP contribution in [0.2, 0.25) is 0 Å². The third kappa shape index (κ3) is 22.3. The number of carboxylic acid groups (broad SMARTS) is 2. The van der Waals surface area contributed by atoms with Gasteiger partial charge in [-0.2, -0.15) is 0 Å². The number of carbonyl (C=O) groups excluding carboxylic acids is 7. The first-order valence-corrected chi connectivity index (χ1v) is 24.6. The summed E-state index contributed by atoms with van der Waals surface area (Å²) >= 11 is 0. The van der Waals surface area contributed by atoms with E-state index in [9.17, 15) is 53.4 Å². The molecule has 7 amide bonds. The number of carboxylic acids is 2. The van der Waals surface area contributed by atoms with E-state index in [4.69, 9.17) is 35.5 Å². The largest absolute Gasteiger partial charge is 0.508 e. The summed E-state index contributed by atoms with van der Waals surface area (Å²) in [7, 11) is 0. The van der Waals surface area contributed by atoms with Crippen molar-refractivity contribution in [1.82, 2.24) is 42.2 Å². The number of hydrogen-bond acceptors (Lipinski definition) is 15. The fraction of sp³-hybridized carbons (Fsp3) is 0.510. The normalized spacial score (nSPS) is 19.9. The third-order valence-corrected chi connectivity index (χ3v) is 11.5. The van der Waals surface area contributed by atoms with E-state index in [-0.39, 0.29) is 110 Å². The average molecular weight is 1070 g/mol. The maximum absolute atomic E-state index is 14.7. The highest BCUT2D eigenvalue weighted by Gasteiger charge is 2.35. The Kier molecular flexibility index (Phi) is 25.9. The number of ether oxygens (including phenoxy) is 4. The van der Waals surface area contributed by atoms with Gasteiger partial charge in [-0.3, -0.25) is 48.1 Å². The number of nitrogens with one attached hydrogen (secondary N) is 8. The molecule has 0 aliphatic carbocycles. The highest BCUT2D eigenvalue weighted by molar-refractivity contribution is 5.99. The monoisotopic (exact) mass is 1070 g/mol. The van der Waals surface area contributed by atoms with Crippen LogP contribution < -0.4 is 48.7 Å². The number of aliphatic imine (C=N–C) groups is 1. The van der Waals surface area contributed by atoms with Crippen LogP contribution in [0.3, 0.4) is 0 Å². The highest BCUT2D eigenvalue weighted by Crippen LogP contribution is 2.20. The molecule has 2 heterocycles. The molecule has 1 saturated heterocycles. The lowest BCUT2D eigenvalue weighted by Crippen LogP contribution is -2.62. The molecular formula is C49H69N11O16. The van der Waals surface area contributed by atoms with Crippen molar-refractivity contribution in [3.05, 3.63) is 65.9 Å². The predicted octanol–water partition coefficient (Wildman–Crippen LogP) is -2.43. The highest BCUT2D eigenvalue weighted by atomic mass is 16.6. The van der Waals surface area contributed by atoms with E-state index in [1.54, 1.807) is 24.4 Å². The number of aliphatic carboxylic acids is 2. The fourth-order valence-electron chi connectivity index (χ4n) is 7.53. The summed E-state index contributed by atoms with van der Waals surface area (Å²) in [5.74, 6) is -9.04. The molecule has 0 saturated carbocycles. The number of aromatic hydroxyl groups is 1. The summed E-state index contributed by atoms with van der Waals surface area (Å²) < 4.78 is 21.4. The fourth-order valence-corrected chi connectivity index (χ4v) is 7.53. The zero-order chi connectivity index (χ0) is 55.4. The van der Waals surface area contributed by atoms with Gasteiger partial charge in [0, 0.05) is 49.5 Å². The molecular weight excluding hydrogens is 999 g/mol. The Hall–Kier alpha value is -7.88. The van der Waals surface area contributed by atoms with Crippen LogP contribution in [0.5, 0.6) is 5.75 Å². The van der Waals surface area contributed by atoms with Crippen LogP contribution in [-0.2, 0) is 74.9 Å². The Morgan fingerprint density at radius 2 is 1.12 bits per heavy atom. The molecule has 0 radical (unpaired) electrons. The summed E-state index contributed by atoms with van der Waals surface area (Å²) in [5, 5.41) is 46.9. The zero-order valence-electron chi connectivity index (χ0n) is 42.1. The number of phenolic OH excluding ortho intramolecular Hbond substituents is 1. The van der Waals surface area contributed by atoms with E-state index in [1.165, 1.54) is 31.2 Å². The smallest absolute Gasteiger partial charge is 0.305 e. The number of para-hydroxylation sites is 1. The van der Waals surface area contributed by atoms with Gasteiger partial charge in [-0.15, -0.1) is 0 Å². The van der Waals surface area contributed by atoms with Gasteiger partial charge < -0.3 is 87.9 Å². The van der Waals surface area contributed by atoms with Crippen molar-refractivity contribution in [2.75, 3.05) is 65.9 Å². The number of benzene rings is 2. The number of aromatic nitrogens is 1. The molecule has 2 aromatic carbocycles. The number of nitrogens with zero attached hydrogens (tertiary/aromatic N) is 1. The molecule has 1 aliphatic rings. The van der Waals surface area contributed by atoms with Gasteiger partial charge in [0.1, 0.15) is 42.0 Å². The zero-order valence-corrected chi connectivity index (χ0v) is 42.1. The van der Waals surface area contributed by atoms with Crippen LogP contribution in [0.4, 0.5) is 0 Å². The van der Waals surface area contributed by atoms with Gasteiger partial charge in [0.2, 0.25) is 41.4 Å². The van der Waals surface area contributed by atoms with Crippen LogP contribution in [0, 0.1) is 0 Å². The van der Waals surface area contributed by atoms with Crippen molar-refractivity contribution in [3.63, 3.8) is 0 Å². The predicted molar refractivity (Wildman–Crippen MR) is 271 cm³/mol. The van der Waals surface area contributed by atoms with E-state index in [0.29, 0.717) is 11.1 Å². The number of nitrogens with two attached hydrogens (primary N) is 2. The molecule has 1 aliphatic heterocycles. The number of phenols is 1. The van der Waals surface area contributed by atoms with E-state index in [0.717, 1.165) is 10.9 Å². The average Bonchev–Trinajstić information content (AvgIpc) is 3.78. The van der Waals surface area contributed by atoms with Crippen molar-refractivity contribution < 1.29 is 77.4 Å². The molecule has 4 rings (SSSR count). The lowest BCUT2D eigenvalue weighted by atomic mass is 10.0. The van der Waals surface area contributed by atoms with Gasteiger partial charge in [0.25, 0.3) is 0 Å². The number of amides is 7. The third-order valence-electron chi connectivity index (χ3n) is 11.5. The number of H-pyrrole nitrogens is 1. The summed E-state index contributed by atoms with van der Waals surface area (Å²) in [6, 6.07) is 3.77. The van der Waals surface area contributed by atoms with Gasteiger partial charge in [-0.1, -0.05) is 30.3 Å². The van der Waals surface area contributed by atoms with Gasteiger partial charge in [0.05, 0.1) is 65.7 Å². The van der Waals surface area contributed by atoms with E-state index >= 15 is 0 Å². The van der Waals surface area contributed by atoms with Crippen LogP contribution in [-0.4, -0.2) is 182 Å². The van der Waals surface area contributed by atoms with Crippen molar-refractivity contribution in [2.24, 2.45) is 16.5 Å². The SMILES string of the molecule is CC1NC(=O)C(CCC(=O)O)NC(=O)C(CC(=O)NCCOCCOCCOCCOCCC(=O)O)NC(=O)C(Cc2ccc(O)cc2)NC(=O)C(Cc2c[nH]c3ccccc23)NC(=O)C(CCCN=C(N)N)NC1=O. The van der Waals surface area contributed by atoms with Crippen LogP contribution >= 0.6 is 0 Å². The number of fused-ring (bicyclic) bond motifs is 1. The number of rotatable bonds is 28. The van der Waals surface area contributed by atoms with Crippen LogP contribution in [0.1, 0.15) is 56.6 Å². The molecule has 27 heteroatoms. The maximum atomic E-state index is 14.7. The molecule has 6 atom stereocenters. The summed E-state index contributed by atoms with van der Waals surface area (Å²) in [6.45, 7) is 2.65. The molecule has 76 heavy (non-hydrogen) atoms. The quantitative estimate of drug-likeness (QED) is 0.0204. The molecule has 27 nitrogen and oxygen atoms in total. The molecule has 1 aromatic heterocycles. The van der Waals surface area contributed by atoms with Crippen LogP contribution in [0.25, 0.3) is 10.9 Å². The maximum Gasteiger partial charge on any atom is 0.305 e. The van der Waals surface area contributed by atoms with Crippen molar-refractivity contribution in [3.8, 4) is 5.75 Å². The molecule has 416 valence electrons. The number of aromatic amines is 1. The summed E-state index contributed by atoms with van der Waals surface area (Å²) in [6.07, 6.45) is -0.617. The van der Waals surface area contributed by atoms with Gasteiger partial charge in [-0.05, 0) is 55.5 Å². The molecule has 0 spiro atoms. The number of guanidine groups is 1. The number of hydrogen-bond donors (Lipinski definition) is 13. The second kappa shape index (κ2) is 32.4.